The fourth-order valence-corrected chi connectivity index (χ4v) is 1.64. The molecule has 0 bridgehead atoms. The van der Waals surface area contributed by atoms with Gasteiger partial charge in [0.1, 0.15) is 0 Å². The molecular weight excluding hydrogens is 159 g/mol. The van der Waals surface area contributed by atoms with Gasteiger partial charge in [-0.15, -0.1) is 0 Å². The Morgan fingerprint density at radius 2 is 1.23 bits per heavy atom. The van der Waals surface area contributed by atoms with Gasteiger partial charge in [-0.3, -0.25) is 0 Å². The lowest BCUT2D eigenvalue weighted by Gasteiger charge is -2.20. The Bertz CT molecular complexity index is 97.5. The van der Waals surface area contributed by atoms with Crippen LogP contribution < -0.4 is 0 Å². The Labute approximate surface area is 84.4 Å². The van der Waals surface area contributed by atoms with Crippen LogP contribution in [0.15, 0.2) is 0 Å². The van der Waals surface area contributed by atoms with E-state index in [0.29, 0.717) is 13.0 Å². The largest absolute Gasteiger partial charge is 0.434 e. The van der Waals surface area contributed by atoms with Crippen LogP contribution in [0.5, 0.6) is 0 Å². The summed E-state index contributed by atoms with van der Waals surface area (Å²) in [6.07, 6.45) is 2.75. The lowest BCUT2D eigenvalue weighted by Crippen LogP contribution is -2.25. The molecule has 0 amide bonds. The van der Waals surface area contributed by atoms with E-state index in [2.05, 4.69) is 41.5 Å². The highest BCUT2D eigenvalue weighted by Gasteiger charge is 2.19. The molecule has 0 aliphatic heterocycles. The second kappa shape index (κ2) is 6.47. The minimum atomic E-state index is 0.363. The molecule has 78 valence electrons. The molecule has 2 heteroatoms. The van der Waals surface area contributed by atoms with Gasteiger partial charge in [-0.25, -0.2) is 0 Å². The summed E-state index contributed by atoms with van der Waals surface area (Å²) in [6, 6.07) is 0. The molecular formula is C11H25BO. The molecule has 0 radical (unpaired) electrons. The first-order valence-corrected chi connectivity index (χ1v) is 5.57. The van der Waals surface area contributed by atoms with E-state index in [0.717, 1.165) is 11.8 Å². The van der Waals surface area contributed by atoms with Gasteiger partial charge in [0.15, 0.2) is 0 Å². The molecule has 0 spiro atoms. The van der Waals surface area contributed by atoms with Crippen LogP contribution in [-0.4, -0.2) is 13.0 Å². The van der Waals surface area contributed by atoms with Crippen LogP contribution in [0.3, 0.4) is 0 Å². The minimum Gasteiger partial charge on any atom is -0.434 e. The summed E-state index contributed by atoms with van der Waals surface area (Å²) in [4.78, 5) is 0. The zero-order valence-electron chi connectivity index (χ0n) is 10.1. The Morgan fingerprint density at radius 1 is 0.846 bits per heavy atom. The molecule has 13 heavy (non-hydrogen) atoms. The Kier molecular flexibility index (Phi) is 6.49. The van der Waals surface area contributed by atoms with Crippen molar-refractivity contribution >= 4 is 6.92 Å². The molecule has 0 aliphatic carbocycles. The Hall–Kier alpha value is 0.0249. The molecule has 0 rings (SSSR count). The van der Waals surface area contributed by atoms with Gasteiger partial charge in [-0.05, 0) is 26.5 Å². The molecule has 0 fully saturated rings. The minimum absolute atomic E-state index is 0.363. The van der Waals surface area contributed by atoms with Crippen LogP contribution in [0.4, 0.5) is 0 Å². The smallest absolute Gasteiger partial charge is 0.293 e. The second-order valence-electron chi connectivity index (χ2n) is 5.07. The quantitative estimate of drug-likeness (QED) is 0.571. The average Bonchev–Trinajstić information content (AvgIpc) is 1.80. The molecule has 0 aromatic heterocycles. The summed E-state index contributed by atoms with van der Waals surface area (Å²) in [5.74, 6) is 1.48. The lowest BCUT2D eigenvalue weighted by molar-refractivity contribution is 0.236. The number of hydrogen-bond donors (Lipinski definition) is 0. The van der Waals surface area contributed by atoms with Crippen LogP contribution in [0, 0.1) is 11.8 Å². The summed E-state index contributed by atoms with van der Waals surface area (Å²) >= 11 is 0. The van der Waals surface area contributed by atoms with Crippen LogP contribution in [-0.2, 0) is 4.65 Å². The molecule has 0 N–H and O–H groups in total. The van der Waals surface area contributed by atoms with Gasteiger partial charge in [0, 0.05) is 6.10 Å². The van der Waals surface area contributed by atoms with Crippen molar-refractivity contribution in [2.75, 3.05) is 0 Å². The summed E-state index contributed by atoms with van der Waals surface area (Å²) in [5, 5.41) is 0. The van der Waals surface area contributed by atoms with Crippen molar-refractivity contribution in [1.82, 2.24) is 0 Å². The van der Waals surface area contributed by atoms with Gasteiger partial charge >= 0.3 is 0 Å². The van der Waals surface area contributed by atoms with E-state index in [1.165, 1.54) is 12.6 Å². The van der Waals surface area contributed by atoms with E-state index in [1.54, 1.807) is 0 Å². The first-order valence-electron chi connectivity index (χ1n) is 5.57. The number of hydrogen-bond acceptors (Lipinski definition) is 1. The highest BCUT2D eigenvalue weighted by Crippen LogP contribution is 2.16. The zero-order valence-corrected chi connectivity index (χ0v) is 10.1. The molecule has 0 saturated carbocycles. The Balaban J connectivity index is 3.87. The summed E-state index contributed by atoms with van der Waals surface area (Å²) in [5.41, 5.74) is 0. The summed E-state index contributed by atoms with van der Waals surface area (Å²) in [7, 11) is 0. The van der Waals surface area contributed by atoms with E-state index in [4.69, 9.17) is 4.65 Å². The van der Waals surface area contributed by atoms with Gasteiger partial charge < -0.3 is 4.65 Å². The normalized spacial score (nSPS) is 11.8. The predicted molar refractivity (Wildman–Crippen MR) is 61.3 cm³/mol. The summed E-state index contributed by atoms with van der Waals surface area (Å²) < 4.78 is 5.87. The van der Waals surface area contributed by atoms with Crippen LogP contribution >= 0.6 is 0 Å². The van der Waals surface area contributed by atoms with E-state index < -0.39 is 0 Å². The molecule has 0 aromatic rings. The maximum Gasteiger partial charge on any atom is 0.293 e. The van der Waals surface area contributed by atoms with Crippen molar-refractivity contribution in [2.24, 2.45) is 11.8 Å². The highest BCUT2D eigenvalue weighted by atomic mass is 16.4. The average molecular weight is 184 g/mol. The van der Waals surface area contributed by atoms with E-state index >= 15 is 0 Å². The summed E-state index contributed by atoms with van der Waals surface area (Å²) in [6.45, 7) is 13.7. The molecule has 0 unspecified atom stereocenters. The van der Waals surface area contributed by atoms with Crippen molar-refractivity contribution in [3.63, 3.8) is 0 Å². The monoisotopic (exact) mass is 184 g/mol. The van der Waals surface area contributed by atoms with Crippen molar-refractivity contribution < 1.29 is 4.65 Å². The van der Waals surface area contributed by atoms with Crippen molar-refractivity contribution in [2.45, 2.75) is 60.3 Å². The fourth-order valence-electron chi connectivity index (χ4n) is 1.64. The van der Waals surface area contributed by atoms with Gasteiger partial charge in [-0.1, -0.05) is 39.5 Å². The fraction of sp³-hybridized carbons (Fsp3) is 1.00. The molecule has 0 aromatic carbocycles. The van der Waals surface area contributed by atoms with Crippen LogP contribution in [0.1, 0.15) is 41.5 Å². The molecule has 0 aliphatic rings. The Morgan fingerprint density at radius 3 is 1.46 bits per heavy atom. The topological polar surface area (TPSA) is 9.23 Å². The van der Waals surface area contributed by atoms with E-state index in [1.807, 2.05) is 0 Å². The van der Waals surface area contributed by atoms with Crippen molar-refractivity contribution in [1.29, 1.82) is 0 Å². The number of rotatable bonds is 6. The third-order valence-electron chi connectivity index (χ3n) is 1.93. The SMILES string of the molecule is CC(C)CB(CC(C)C)OC(C)C. The van der Waals surface area contributed by atoms with Crippen LogP contribution in [0.2, 0.25) is 12.6 Å². The van der Waals surface area contributed by atoms with Gasteiger partial charge in [0.05, 0.1) is 0 Å². The van der Waals surface area contributed by atoms with Crippen LogP contribution in [0.25, 0.3) is 0 Å². The van der Waals surface area contributed by atoms with E-state index in [-0.39, 0.29) is 0 Å². The third-order valence-corrected chi connectivity index (χ3v) is 1.93. The maximum atomic E-state index is 5.87. The predicted octanol–water partition coefficient (Wildman–Crippen LogP) is 3.71. The molecule has 0 atom stereocenters. The highest BCUT2D eigenvalue weighted by molar-refractivity contribution is 6.52. The second-order valence-corrected chi connectivity index (χ2v) is 5.07. The molecule has 0 saturated heterocycles. The molecule has 1 nitrogen and oxygen atoms in total. The standard InChI is InChI=1S/C11H25BO/c1-9(2)7-12(8-10(3)4)13-11(5)6/h9-11H,7-8H2,1-6H3. The molecule has 0 heterocycles. The van der Waals surface area contributed by atoms with Crippen molar-refractivity contribution in [3.8, 4) is 0 Å². The zero-order chi connectivity index (χ0) is 10.4. The lowest BCUT2D eigenvalue weighted by atomic mass is 9.56. The van der Waals surface area contributed by atoms with Crippen molar-refractivity contribution in [3.05, 3.63) is 0 Å². The van der Waals surface area contributed by atoms with E-state index in [9.17, 15) is 0 Å². The van der Waals surface area contributed by atoms with Gasteiger partial charge in [0.25, 0.3) is 6.92 Å². The van der Waals surface area contributed by atoms with Gasteiger partial charge in [0.2, 0.25) is 0 Å². The first-order chi connectivity index (χ1) is 5.91. The maximum absolute atomic E-state index is 5.87. The first kappa shape index (κ1) is 13.0. The third kappa shape index (κ3) is 8.36. The van der Waals surface area contributed by atoms with Gasteiger partial charge in [-0.2, -0.15) is 0 Å².